The fraction of sp³-hybridized carbons (Fsp3) is 0.136. The van der Waals surface area contributed by atoms with E-state index in [9.17, 15) is 9.59 Å². The van der Waals surface area contributed by atoms with Crippen LogP contribution >= 0.6 is 15.9 Å². The van der Waals surface area contributed by atoms with Crippen molar-refractivity contribution in [2.45, 2.75) is 0 Å². The van der Waals surface area contributed by atoms with E-state index < -0.39 is 5.91 Å². The van der Waals surface area contributed by atoms with E-state index in [1.807, 2.05) is 0 Å². The van der Waals surface area contributed by atoms with Gasteiger partial charge in [-0.3, -0.25) is 15.0 Å². The van der Waals surface area contributed by atoms with Gasteiger partial charge in [0.2, 0.25) is 5.88 Å². The summed E-state index contributed by atoms with van der Waals surface area (Å²) in [6.45, 7) is -0.235. The normalized spacial score (nSPS) is 12.1. The van der Waals surface area contributed by atoms with Crippen LogP contribution in [0.5, 0.6) is 29.3 Å². The van der Waals surface area contributed by atoms with E-state index >= 15 is 0 Å². The molecule has 0 fully saturated rings. The quantitative estimate of drug-likeness (QED) is 0.327. The van der Waals surface area contributed by atoms with Gasteiger partial charge in [0.05, 0.1) is 0 Å². The van der Waals surface area contributed by atoms with Crippen LogP contribution in [0.25, 0.3) is 0 Å². The molecule has 0 aliphatic carbocycles. The molecular weight excluding hydrogens is 508 g/mol. The van der Waals surface area contributed by atoms with Gasteiger partial charge in [0.15, 0.2) is 12.3 Å². The first-order chi connectivity index (χ1) is 16.2. The van der Waals surface area contributed by atoms with Crippen molar-refractivity contribution < 1.29 is 23.8 Å². The number of ether oxygens (including phenoxy) is 3. The molecule has 174 valence electrons. The maximum atomic E-state index is 12.3. The molecule has 11 nitrogen and oxygen atoms in total. The predicted octanol–water partition coefficient (Wildman–Crippen LogP) is 3.14. The van der Waals surface area contributed by atoms with Crippen LogP contribution in [-0.2, 0) is 4.79 Å². The van der Waals surface area contributed by atoms with E-state index in [2.05, 4.69) is 31.2 Å². The second-order valence-electron chi connectivity index (χ2n) is 7.35. The van der Waals surface area contributed by atoms with Gasteiger partial charge >= 0.3 is 6.01 Å². The number of nitrogens with two attached hydrogens (primary N) is 1. The van der Waals surface area contributed by atoms with Crippen molar-refractivity contribution in [1.29, 1.82) is 5.41 Å². The van der Waals surface area contributed by atoms with Crippen LogP contribution in [0.4, 0.5) is 5.69 Å². The Balaban J connectivity index is 1.71. The van der Waals surface area contributed by atoms with Crippen molar-refractivity contribution in [1.82, 2.24) is 14.9 Å². The molecule has 4 N–H and O–H groups in total. The van der Waals surface area contributed by atoms with E-state index in [1.165, 1.54) is 4.90 Å². The van der Waals surface area contributed by atoms with Crippen LogP contribution in [-0.4, -0.2) is 53.2 Å². The molecule has 0 saturated carbocycles. The Morgan fingerprint density at radius 2 is 1.91 bits per heavy atom. The van der Waals surface area contributed by atoms with Crippen LogP contribution in [0.1, 0.15) is 15.9 Å². The highest BCUT2D eigenvalue weighted by molar-refractivity contribution is 9.10. The zero-order chi connectivity index (χ0) is 24.4. The monoisotopic (exact) mass is 526 g/mol. The van der Waals surface area contributed by atoms with Gasteiger partial charge in [-0.2, -0.15) is 9.97 Å². The fourth-order valence-electron chi connectivity index (χ4n) is 2.99. The standard InChI is InChI=1S/C22H19BrN6O5/c1-29(2)21(31)11-4-3-5-14(7-11)34-22-27-19-17(26-16(30)10-32-19)20(28-22)33-15-8-12(18(24)25)6-13(23)9-15/h3-9H,10H2,1-2H3,(H3,24,25)(H,26,30). The lowest BCUT2D eigenvalue weighted by molar-refractivity contribution is -0.118. The molecule has 2 amide bonds. The molecule has 0 atom stereocenters. The minimum absolute atomic E-state index is 0.0406. The Morgan fingerprint density at radius 3 is 2.65 bits per heavy atom. The average Bonchev–Trinajstić information content (AvgIpc) is 2.78. The van der Waals surface area contributed by atoms with Gasteiger partial charge in [-0.15, -0.1) is 0 Å². The summed E-state index contributed by atoms with van der Waals surface area (Å²) in [6.07, 6.45) is 0. The third kappa shape index (κ3) is 5.07. The van der Waals surface area contributed by atoms with Gasteiger partial charge in [0, 0.05) is 29.7 Å². The molecule has 1 aliphatic heterocycles. The van der Waals surface area contributed by atoms with Crippen molar-refractivity contribution in [3.05, 3.63) is 58.1 Å². The van der Waals surface area contributed by atoms with Crippen molar-refractivity contribution in [3.8, 4) is 29.3 Å². The topological polar surface area (TPSA) is 153 Å². The third-order valence-electron chi connectivity index (χ3n) is 4.52. The van der Waals surface area contributed by atoms with Crippen LogP contribution in [0.2, 0.25) is 0 Å². The van der Waals surface area contributed by atoms with E-state index in [0.717, 1.165) is 0 Å². The van der Waals surface area contributed by atoms with Gasteiger partial charge in [-0.25, -0.2) is 0 Å². The van der Waals surface area contributed by atoms with E-state index in [1.54, 1.807) is 56.6 Å². The molecular formula is C22H19BrN6O5. The van der Waals surface area contributed by atoms with Crippen LogP contribution in [0.3, 0.4) is 0 Å². The fourth-order valence-corrected chi connectivity index (χ4v) is 3.46. The number of anilines is 1. The number of nitrogens with zero attached hydrogens (tertiary/aromatic N) is 3. The van der Waals surface area contributed by atoms with Crippen LogP contribution in [0.15, 0.2) is 46.9 Å². The first-order valence-corrected chi connectivity index (χ1v) is 10.7. The number of fused-ring (bicyclic) bond motifs is 1. The summed E-state index contributed by atoms with van der Waals surface area (Å²) < 4.78 is 17.7. The molecule has 4 rings (SSSR count). The summed E-state index contributed by atoms with van der Waals surface area (Å²) in [5, 5.41) is 10.3. The average molecular weight is 527 g/mol. The maximum absolute atomic E-state index is 12.3. The zero-order valence-electron chi connectivity index (χ0n) is 18.1. The predicted molar refractivity (Wildman–Crippen MR) is 126 cm³/mol. The van der Waals surface area contributed by atoms with Crippen molar-refractivity contribution in [2.75, 3.05) is 26.0 Å². The lowest BCUT2D eigenvalue weighted by Gasteiger charge is -2.20. The van der Waals surface area contributed by atoms with Crippen molar-refractivity contribution in [3.63, 3.8) is 0 Å². The highest BCUT2D eigenvalue weighted by Crippen LogP contribution is 2.39. The zero-order valence-corrected chi connectivity index (χ0v) is 19.7. The SMILES string of the molecule is CN(C)C(=O)c1cccc(Oc2nc3c(c(Oc4cc(Br)cc(C(=N)N)c4)n2)NC(=O)CO3)c1. The summed E-state index contributed by atoms with van der Waals surface area (Å²) >= 11 is 3.35. The Bertz CT molecular complexity index is 1310. The van der Waals surface area contributed by atoms with Gasteiger partial charge in [-0.1, -0.05) is 22.0 Å². The van der Waals surface area contributed by atoms with Crippen LogP contribution < -0.4 is 25.3 Å². The summed E-state index contributed by atoms with van der Waals surface area (Å²) in [4.78, 5) is 34.1. The van der Waals surface area contributed by atoms with E-state index in [-0.39, 0.29) is 41.8 Å². The molecule has 12 heteroatoms. The summed E-state index contributed by atoms with van der Waals surface area (Å²) in [5.41, 5.74) is 6.57. The number of hydrogen-bond acceptors (Lipinski definition) is 8. The highest BCUT2D eigenvalue weighted by atomic mass is 79.9. The number of benzene rings is 2. The second-order valence-corrected chi connectivity index (χ2v) is 8.26. The van der Waals surface area contributed by atoms with Gasteiger partial charge in [-0.05, 0) is 36.4 Å². The Hall–Kier alpha value is -4.19. The first kappa shape index (κ1) is 23.0. The van der Waals surface area contributed by atoms with Gasteiger partial charge in [0.25, 0.3) is 17.7 Å². The summed E-state index contributed by atoms with van der Waals surface area (Å²) in [5.74, 6) is -0.109. The second kappa shape index (κ2) is 9.35. The molecule has 0 unspecified atom stereocenters. The molecule has 1 aromatic heterocycles. The smallest absolute Gasteiger partial charge is 0.328 e. The molecule has 0 spiro atoms. The number of nitrogen functional groups attached to an aromatic ring is 1. The first-order valence-electron chi connectivity index (χ1n) is 9.86. The number of amidine groups is 1. The number of hydrogen-bond donors (Lipinski definition) is 3. The highest BCUT2D eigenvalue weighted by Gasteiger charge is 2.26. The summed E-state index contributed by atoms with van der Waals surface area (Å²) in [7, 11) is 3.30. The molecule has 0 radical (unpaired) electrons. The number of aromatic nitrogens is 2. The van der Waals surface area contributed by atoms with Gasteiger partial charge in [0.1, 0.15) is 17.3 Å². The lowest BCUT2D eigenvalue weighted by atomic mass is 10.2. The van der Waals surface area contributed by atoms with Crippen molar-refractivity contribution >= 4 is 39.3 Å². The van der Waals surface area contributed by atoms with E-state index in [0.29, 0.717) is 27.1 Å². The van der Waals surface area contributed by atoms with Gasteiger partial charge < -0.3 is 30.2 Å². The Labute approximate surface area is 202 Å². The number of amides is 2. The molecule has 2 heterocycles. The minimum Gasteiger partial charge on any atom is -0.466 e. The number of rotatable bonds is 6. The third-order valence-corrected chi connectivity index (χ3v) is 4.98. The lowest BCUT2D eigenvalue weighted by Crippen LogP contribution is -2.26. The minimum atomic E-state index is -0.400. The van der Waals surface area contributed by atoms with Crippen molar-refractivity contribution in [2.24, 2.45) is 5.73 Å². The number of halogens is 1. The molecule has 2 aromatic carbocycles. The molecule has 1 aliphatic rings. The maximum Gasteiger partial charge on any atom is 0.328 e. The molecule has 0 bridgehead atoms. The molecule has 0 saturated heterocycles. The number of carbonyl (C=O) groups excluding carboxylic acids is 2. The Morgan fingerprint density at radius 1 is 1.15 bits per heavy atom. The largest absolute Gasteiger partial charge is 0.466 e. The number of nitrogens with one attached hydrogen (secondary N) is 2. The molecule has 3 aromatic rings. The number of carbonyl (C=O) groups is 2. The molecule has 34 heavy (non-hydrogen) atoms. The van der Waals surface area contributed by atoms with Crippen LogP contribution in [0, 0.1) is 5.41 Å². The summed E-state index contributed by atoms with van der Waals surface area (Å²) in [6, 6.07) is 11.3. The Kier molecular flexibility index (Phi) is 6.32. The van der Waals surface area contributed by atoms with E-state index in [4.69, 9.17) is 25.4 Å².